The molecule has 0 unspecified atom stereocenters. The first kappa shape index (κ1) is 12.6. The highest BCUT2D eigenvalue weighted by atomic mass is 35.5. The van der Waals surface area contributed by atoms with Gasteiger partial charge in [0.05, 0.1) is 17.6 Å². The minimum atomic E-state index is -0.318. The van der Waals surface area contributed by atoms with Crippen molar-refractivity contribution in [2.75, 3.05) is 17.7 Å². The van der Waals surface area contributed by atoms with Crippen LogP contribution in [0.15, 0.2) is 36.7 Å². The number of nitrogens with zero attached hydrogens (tertiary/aromatic N) is 2. The number of halogens is 2. The summed E-state index contributed by atoms with van der Waals surface area (Å²) in [6.07, 6.45) is 3.21. The lowest BCUT2D eigenvalue weighted by atomic mass is 10.2. The van der Waals surface area contributed by atoms with E-state index in [1.54, 1.807) is 30.6 Å². The fourth-order valence-electron chi connectivity index (χ4n) is 1.75. The lowest BCUT2D eigenvalue weighted by Gasteiger charge is -2.21. The molecule has 94 valence electrons. The van der Waals surface area contributed by atoms with Crippen molar-refractivity contribution in [3.63, 3.8) is 0 Å². The first-order chi connectivity index (χ1) is 8.59. The van der Waals surface area contributed by atoms with Gasteiger partial charge in [-0.15, -0.1) is 0 Å². The Morgan fingerprint density at radius 1 is 1.39 bits per heavy atom. The molecule has 5 heteroatoms. The number of anilines is 2. The van der Waals surface area contributed by atoms with Gasteiger partial charge in [-0.25, -0.2) is 4.39 Å². The van der Waals surface area contributed by atoms with Gasteiger partial charge in [-0.2, -0.15) is 0 Å². The molecule has 18 heavy (non-hydrogen) atoms. The van der Waals surface area contributed by atoms with Crippen LogP contribution in [0.2, 0.25) is 5.02 Å². The molecule has 0 saturated heterocycles. The SMILES string of the molecule is CN(Cc1c(F)cccc1Cl)c1ccncc1N. The Morgan fingerprint density at radius 2 is 2.17 bits per heavy atom. The van der Waals surface area contributed by atoms with Gasteiger partial charge in [0.2, 0.25) is 0 Å². The summed E-state index contributed by atoms with van der Waals surface area (Å²) in [5.74, 6) is -0.318. The summed E-state index contributed by atoms with van der Waals surface area (Å²) in [5.41, 5.74) is 7.62. The molecule has 2 rings (SSSR count). The molecule has 3 nitrogen and oxygen atoms in total. The Morgan fingerprint density at radius 3 is 2.83 bits per heavy atom. The van der Waals surface area contributed by atoms with Crippen LogP contribution in [0.4, 0.5) is 15.8 Å². The number of aromatic nitrogens is 1. The van der Waals surface area contributed by atoms with E-state index in [0.29, 0.717) is 22.8 Å². The van der Waals surface area contributed by atoms with Crippen LogP contribution in [-0.4, -0.2) is 12.0 Å². The van der Waals surface area contributed by atoms with Crippen LogP contribution in [0, 0.1) is 5.82 Å². The molecule has 0 aliphatic carbocycles. The summed E-state index contributed by atoms with van der Waals surface area (Å²) in [7, 11) is 1.83. The van der Waals surface area contributed by atoms with Gasteiger partial charge in [-0.1, -0.05) is 17.7 Å². The van der Waals surface area contributed by atoms with Gasteiger partial charge in [0, 0.05) is 30.4 Å². The maximum Gasteiger partial charge on any atom is 0.129 e. The monoisotopic (exact) mass is 265 g/mol. The van der Waals surface area contributed by atoms with Crippen LogP contribution in [0.5, 0.6) is 0 Å². The van der Waals surface area contributed by atoms with E-state index in [4.69, 9.17) is 17.3 Å². The number of rotatable bonds is 3. The summed E-state index contributed by atoms with van der Waals surface area (Å²) in [5, 5.41) is 0.412. The molecule has 0 amide bonds. The van der Waals surface area contributed by atoms with Gasteiger partial charge < -0.3 is 10.6 Å². The summed E-state index contributed by atoms with van der Waals surface area (Å²) in [6, 6.07) is 6.43. The molecule has 0 fully saturated rings. The van der Waals surface area contributed by atoms with Crippen LogP contribution in [0.25, 0.3) is 0 Å². The van der Waals surface area contributed by atoms with Crippen LogP contribution in [-0.2, 0) is 6.54 Å². The molecule has 0 spiro atoms. The maximum absolute atomic E-state index is 13.7. The third-order valence-electron chi connectivity index (χ3n) is 2.70. The first-order valence-electron chi connectivity index (χ1n) is 5.43. The van der Waals surface area contributed by atoms with E-state index in [0.717, 1.165) is 5.69 Å². The highest BCUT2D eigenvalue weighted by Gasteiger charge is 2.11. The zero-order valence-corrected chi connectivity index (χ0v) is 10.7. The largest absolute Gasteiger partial charge is 0.396 e. The van der Waals surface area contributed by atoms with Gasteiger partial charge in [0.1, 0.15) is 5.82 Å². The molecule has 0 radical (unpaired) electrons. The molecular weight excluding hydrogens is 253 g/mol. The number of hydrogen-bond acceptors (Lipinski definition) is 3. The second-order valence-electron chi connectivity index (χ2n) is 3.99. The zero-order chi connectivity index (χ0) is 13.1. The van der Waals surface area contributed by atoms with Crippen molar-refractivity contribution in [3.8, 4) is 0 Å². The Hall–Kier alpha value is -1.81. The summed E-state index contributed by atoms with van der Waals surface area (Å²) >= 11 is 5.99. The lowest BCUT2D eigenvalue weighted by molar-refractivity contribution is 0.608. The fraction of sp³-hybridized carbons (Fsp3) is 0.154. The molecule has 2 N–H and O–H groups in total. The molecule has 0 aliphatic rings. The van der Waals surface area contributed by atoms with Crippen LogP contribution < -0.4 is 10.6 Å². The van der Waals surface area contributed by atoms with Gasteiger partial charge in [-0.05, 0) is 18.2 Å². The number of nitrogens with two attached hydrogens (primary N) is 1. The number of hydrogen-bond donors (Lipinski definition) is 1. The average Bonchev–Trinajstić information content (AvgIpc) is 2.34. The molecule has 0 saturated carbocycles. The molecule has 1 heterocycles. The Kier molecular flexibility index (Phi) is 3.67. The van der Waals surface area contributed by atoms with E-state index in [1.807, 2.05) is 11.9 Å². The van der Waals surface area contributed by atoms with Crippen LogP contribution in [0.1, 0.15) is 5.56 Å². The average molecular weight is 266 g/mol. The zero-order valence-electron chi connectivity index (χ0n) is 9.90. The van der Waals surface area contributed by atoms with Gasteiger partial charge >= 0.3 is 0 Å². The first-order valence-corrected chi connectivity index (χ1v) is 5.81. The maximum atomic E-state index is 13.7. The van der Waals surface area contributed by atoms with Crippen molar-refractivity contribution in [3.05, 3.63) is 53.1 Å². The predicted octanol–water partition coefficient (Wildman–Crippen LogP) is 3.09. The van der Waals surface area contributed by atoms with Gasteiger partial charge in [-0.3, -0.25) is 4.98 Å². The van der Waals surface area contributed by atoms with Crippen LogP contribution in [0.3, 0.4) is 0 Å². The molecule has 2 aromatic rings. The lowest BCUT2D eigenvalue weighted by Crippen LogP contribution is -2.19. The summed E-state index contributed by atoms with van der Waals surface area (Å²) in [6.45, 7) is 0.347. The fourth-order valence-corrected chi connectivity index (χ4v) is 1.98. The van der Waals surface area contributed by atoms with Gasteiger partial charge in [0.25, 0.3) is 0 Å². The van der Waals surface area contributed by atoms with E-state index < -0.39 is 0 Å². The van der Waals surface area contributed by atoms with Crippen molar-refractivity contribution in [2.45, 2.75) is 6.54 Å². The van der Waals surface area contributed by atoms with Gasteiger partial charge in [0.15, 0.2) is 0 Å². The van der Waals surface area contributed by atoms with Crippen molar-refractivity contribution < 1.29 is 4.39 Å². The molecule has 0 bridgehead atoms. The normalized spacial score (nSPS) is 10.4. The van der Waals surface area contributed by atoms with Crippen molar-refractivity contribution in [2.24, 2.45) is 0 Å². The van der Waals surface area contributed by atoms with Crippen molar-refractivity contribution in [1.29, 1.82) is 0 Å². The molecule has 1 aromatic carbocycles. The smallest absolute Gasteiger partial charge is 0.129 e. The Bertz CT molecular complexity index is 539. The van der Waals surface area contributed by atoms with Crippen LogP contribution >= 0.6 is 11.6 Å². The second-order valence-corrected chi connectivity index (χ2v) is 4.40. The highest BCUT2D eigenvalue weighted by molar-refractivity contribution is 6.31. The van der Waals surface area contributed by atoms with E-state index in [9.17, 15) is 4.39 Å². The third-order valence-corrected chi connectivity index (χ3v) is 3.05. The molecule has 1 aromatic heterocycles. The Labute approximate surface area is 110 Å². The van der Waals surface area contributed by atoms with E-state index in [1.165, 1.54) is 6.07 Å². The quantitative estimate of drug-likeness (QED) is 0.927. The number of benzene rings is 1. The van der Waals surface area contributed by atoms with E-state index in [2.05, 4.69) is 4.98 Å². The number of nitrogen functional groups attached to an aromatic ring is 1. The predicted molar refractivity (Wildman–Crippen MR) is 72.2 cm³/mol. The highest BCUT2D eigenvalue weighted by Crippen LogP contribution is 2.25. The minimum absolute atomic E-state index is 0.318. The molecular formula is C13H13ClFN3. The molecule has 0 atom stereocenters. The summed E-state index contributed by atoms with van der Waals surface area (Å²) in [4.78, 5) is 5.75. The third kappa shape index (κ3) is 2.54. The van der Waals surface area contributed by atoms with Crippen molar-refractivity contribution in [1.82, 2.24) is 4.98 Å². The van der Waals surface area contributed by atoms with E-state index in [-0.39, 0.29) is 5.82 Å². The summed E-state index contributed by atoms with van der Waals surface area (Å²) < 4.78 is 13.7. The minimum Gasteiger partial charge on any atom is -0.396 e. The number of pyridine rings is 1. The van der Waals surface area contributed by atoms with Crippen molar-refractivity contribution >= 4 is 23.0 Å². The second kappa shape index (κ2) is 5.23. The molecule has 0 aliphatic heterocycles. The topological polar surface area (TPSA) is 42.2 Å². The standard InChI is InChI=1S/C13H13ClFN3/c1-18(13-5-6-17-7-12(13)16)8-9-10(14)3-2-4-11(9)15/h2-7H,8,16H2,1H3. The Balaban J connectivity index is 2.27. The van der Waals surface area contributed by atoms with E-state index >= 15 is 0 Å².